The maximum Gasteiger partial charge on any atom is 0.340 e. The molecule has 2 aromatic rings. The van der Waals surface area contributed by atoms with Crippen molar-refractivity contribution in [3.05, 3.63) is 47.8 Å². The van der Waals surface area contributed by atoms with E-state index in [1.165, 1.54) is 13.2 Å². The SMILES string of the molecule is COC(=O)c1cc(NC=O)c(N2CCCC2)c(F)c1Nc1ccccc1. The number of anilines is 4. The van der Waals surface area contributed by atoms with E-state index in [2.05, 4.69) is 10.6 Å². The van der Waals surface area contributed by atoms with E-state index >= 15 is 4.39 Å². The van der Waals surface area contributed by atoms with Gasteiger partial charge in [-0.1, -0.05) is 18.2 Å². The Hall–Kier alpha value is -3.09. The van der Waals surface area contributed by atoms with Crippen LogP contribution in [0.1, 0.15) is 23.2 Å². The zero-order valence-corrected chi connectivity index (χ0v) is 14.4. The standard InChI is InChI=1S/C19H20FN3O3/c1-26-19(25)14-11-15(21-12-24)18(23-9-5-6-10-23)16(20)17(14)22-13-7-3-2-4-8-13/h2-4,7-8,11-12,22H,5-6,9-10H2,1H3,(H,21,24). The van der Waals surface area contributed by atoms with Gasteiger partial charge < -0.3 is 20.3 Å². The molecule has 1 aliphatic rings. The number of rotatable bonds is 6. The first-order valence-corrected chi connectivity index (χ1v) is 8.37. The van der Waals surface area contributed by atoms with Crippen molar-refractivity contribution in [2.75, 3.05) is 35.7 Å². The highest BCUT2D eigenvalue weighted by Crippen LogP contribution is 2.39. The van der Waals surface area contributed by atoms with Gasteiger partial charge in [0.1, 0.15) is 0 Å². The summed E-state index contributed by atoms with van der Waals surface area (Å²) in [6, 6.07) is 10.4. The summed E-state index contributed by atoms with van der Waals surface area (Å²) in [4.78, 5) is 25.1. The lowest BCUT2D eigenvalue weighted by Crippen LogP contribution is -2.22. The molecular formula is C19H20FN3O3. The lowest BCUT2D eigenvalue weighted by molar-refractivity contribution is -0.105. The Morgan fingerprint density at radius 1 is 1.23 bits per heavy atom. The number of nitrogens with zero attached hydrogens (tertiary/aromatic N) is 1. The second-order valence-corrected chi connectivity index (χ2v) is 5.95. The molecule has 3 rings (SSSR count). The number of esters is 1. The molecule has 0 aliphatic carbocycles. The molecular weight excluding hydrogens is 337 g/mol. The van der Waals surface area contributed by atoms with Gasteiger partial charge in [-0.25, -0.2) is 9.18 Å². The summed E-state index contributed by atoms with van der Waals surface area (Å²) in [5, 5.41) is 5.48. The minimum absolute atomic E-state index is 0.0150. The molecule has 0 radical (unpaired) electrons. The smallest absolute Gasteiger partial charge is 0.340 e. The van der Waals surface area contributed by atoms with E-state index < -0.39 is 11.8 Å². The molecule has 1 fully saturated rings. The largest absolute Gasteiger partial charge is 0.465 e. The number of hydrogen-bond donors (Lipinski definition) is 2. The van der Waals surface area contributed by atoms with Crippen LogP contribution in [-0.4, -0.2) is 32.6 Å². The molecule has 26 heavy (non-hydrogen) atoms. The number of carbonyl (C=O) groups excluding carboxylic acids is 2. The van der Waals surface area contributed by atoms with Crippen molar-refractivity contribution in [2.24, 2.45) is 0 Å². The third-order valence-electron chi connectivity index (χ3n) is 4.33. The van der Waals surface area contributed by atoms with Gasteiger partial charge in [0, 0.05) is 18.8 Å². The van der Waals surface area contributed by atoms with Gasteiger partial charge in [-0.15, -0.1) is 0 Å². The van der Waals surface area contributed by atoms with Crippen LogP contribution < -0.4 is 15.5 Å². The summed E-state index contributed by atoms with van der Waals surface area (Å²) < 4.78 is 20.3. The number of benzene rings is 2. The number of amides is 1. The van der Waals surface area contributed by atoms with Gasteiger partial charge >= 0.3 is 5.97 Å². The summed E-state index contributed by atoms with van der Waals surface area (Å²) in [6.45, 7) is 1.37. The highest BCUT2D eigenvalue weighted by molar-refractivity contribution is 6.01. The van der Waals surface area contributed by atoms with Crippen LogP contribution >= 0.6 is 0 Å². The molecule has 136 valence electrons. The number of nitrogens with one attached hydrogen (secondary N) is 2. The molecule has 0 spiro atoms. The molecule has 1 heterocycles. The van der Waals surface area contributed by atoms with Crippen molar-refractivity contribution < 1.29 is 18.7 Å². The Bertz CT molecular complexity index is 805. The molecule has 2 N–H and O–H groups in total. The van der Waals surface area contributed by atoms with Crippen molar-refractivity contribution >= 4 is 35.1 Å². The van der Waals surface area contributed by atoms with E-state index in [9.17, 15) is 9.59 Å². The second-order valence-electron chi connectivity index (χ2n) is 5.95. The Labute approximate surface area is 150 Å². The number of carbonyl (C=O) groups is 2. The lowest BCUT2D eigenvalue weighted by atomic mass is 10.1. The Kier molecular flexibility index (Phi) is 5.36. The Morgan fingerprint density at radius 2 is 1.92 bits per heavy atom. The average molecular weight is 357 g/mol. The first-order valence-electron chi connectivity index (χ1n) is 8.37. The van der Waals surface area contributed by atoms with Crippen LogP contribution in [0, 0.1) is 5.82 Å². The highest BCUT2D eigenvalue weighted by Gasteiger charge is 2.27. The quantitative estimate of drug-likeness (QED) is 0.611. The molecule has 7 heteroatoms. The van der Waals surface area contributed by atoms with Crippen molar-refractivity contribution in [1.82, 2.24) is 0 Å². The highest BCUT2D eigenvalue weighted by atomic mass is 19.1. The van der Waals surface area contributed by atoms with Gasteiger partial charge in [0.15, 0.2) is 5.82 Å². The summed E-state index contributed by atoms with van der Waals surface area (Å²) >= 11 is 0. The zero-order chi connectivity index (χ0) is 18.5. The normalized spacial score (nSPS) is 13.4. The van der Waals surface area contributed by atoms with Gasteiger partial charge in [-0.3, -0.25) is 4.79 Å². The van der Waals surface area contributed by atoms with Crippen LogP contribution in [0.15, 0.2) is 36.4 Å². The summed E-state index contributed by atoms with van der Waals surface area (Å²) in [5.74, 6) is -1.28. The van der Waals surface area contributed by atoms with Crippen LogP contribution in [0.3, 0.4) is 0 Å². The molecule has 1 amide bonds. The lowest BCUT2D eigenvalue weighted by Gasteiger charge is -2.24. The van der Waals surface area contributed by atoms with Crippen molar-refractivity contribution in [3.63, 3.8) is 0 Å². The molecule has 2 aromatic carbocycles. The minimum Gasteiger partial charge on any atom is -0.465 e. The number of hydrogen-bond acceptors (Lipinski definition) is 5. The molecule has 1 saturated heterocycles. The number of para-hydroxylation sites is 1. The van der Waals surface area contributed by atoms with Crippen molar-refractivity contribution in [3.8, 4) is 0 Å². The molecule has 0 aromatic heterocycles. The fourth-order valence-electron chi connectivity index (χ4n) is 3.12. The fraction of sp³-hybridized carbons (Fsp3) is 0.263. The molecule has 0 bridgehead atoms. The first-order chi connectivity index (χ1) is 12.7. The summed E-state index contributed by atoms with van der Waals surface area (Å²) in [5.41, 5.74) is 1.21. The molecule has 0 unspecified atom stereocenters. The van der Waals surface area contributed by atoms with E-state index in [1.54, 1.807) is 12.1 Å². The predicted molar refractivity (Wildman–Crippen MR) is 98.6 cm³/mol. The van der Waals surface area contributed by atoms with Gasteiger partial charge in [0.25, 0.3) is 0 Å². The molecule has 0 atom stereocenters. The van der Waals surface area contributed by atoms with Gasteiger partial charge in [-0.05, 0) is 31.0 Å². The third kappa shape index (κ3) is 3.46. The van der Waals surface area contributed by atoms with Crippen LogP contribution in [0.2, 0.25) is 0 Å². The number of methoxy groups -OCH3 is 1. The topological polar surface area (TPSA) is 70.7 Å². The van der Waals surface area contributed by atoms with Crippen LogP contribution in [0.25, 0.3) is 0 Å². The van der Waals surface area contributed by atoms with E-state index in [0.717, 1.165) is 12.8 Å². The third-order valence-corrected chi connectivity index (χ3v) is 4.33. The second kappa shape index (κ2) is 7.86. The van der Waals surface area contributed by atoms with Crippen LogP contribution in [0.5, 0.6) is 0 Å². The van der Waals surface area contributed by atoms with Gasteiger partial charge in [0.05, 0.1) is 29.7 Å². The maximum atomic E-state index is 15.5. The van der Waals surface area contributed by atoms with Crippen LogP contribution in [0.4, 0.5) is 27.1 Å². The van der Waals surface area contributed by atoms with E-state index in [-0.39, 0.29) is 22.6 Å². The fourth-order valence-corrected chi connectivity index (χ4v) is 3.12. The van der Waals surface area contributed by atoms with Gasteiger partial charge in [-0.2, -0.15) is 0 Å². The number of ether oxygens (including phenoxy) is 1. The maximum absolute atomic E-state index is 15.5. The van der Waals surface area contributed by atoms with E-state index in [0.29, 0.717) is 25.2 Å². The first kappa shape index (κ1) is 17.7. The predicted octanol–water partition coefficient (Wildman–Crippen LogP) is 3.52. The summed E-state index contributed by atoms with van der Waals surface area (Å²) in [7, 11) is 1.23. The molecule has 6 nitrogen and oxygen atoms in total. The number of halogens is 1. The van der Waals surface area contributed by atoms with Crippen LogP contribution in [-0.2, 0) is 9.53 Å². The Morgan fingerprint density at radius 3 is 2.54 bits per heavy atom. The van der Waals surface area contributed by atoms with E-state index in [1.807, 2.05) is 23.1 Å². The van der Waals surface area contributed by atoms with E-state index in [4.69, 9.17) is 4.74 Å². The summed E-state index contributed by atoms with van der Waals surface area (Å²) in [6.07, 6.45) is 2.36. The van der Waals surface area contributed by atoms with Gasteiger partial charge in [0.2, 0.25) is 6.41 Å². The van der Waals surface area contributed by atoms with Crippen molar-refractivity contribution in [1.29, 1.82) is 0 Å². The zero-order valence-electron chi connectivity index (χ0n) is 14.4. The minimum atomic E-state index is -0.691. The monoisotopic (exact) mass is 357 g/mol. The molecule has 1 aliphatic heterocycles. The average Bonchev–Trinajstić information content (AvgIpc) is 3.18. The van der Waals surface area contributed by atoms with Crippen molar-refractivity contribution in [2.45, 2.75) is 12.8 Å². The Balaban J connectivity index is 2.16. The molecule has 0 saturated carbocycles.